The largest absolute Gasteiger partial charge is 0.496 e. The molecule has 6 nitrogen and oxygen atoms in total. The Balaban J connectivity index is 1.58. The SMILES string of the molecule is COc1ccccc1CC(=O)NCCN1C(=O)S/C(=C\c2cccc(Cl)c2Cl)C1=O. The quantitative estimate of drug-likeness (QED) is 0.614. The van der Waals surface area contributed by atoms with Crippen molar-refractivity contribution in [2.45, 2.75) is 6.42 Å². The topological polar surface area (TPSA) is 75.7 Å². The minimum Gasteiger partial charge on any atom is -0.496 e. The van der Waals surface area contributed by atoms with E-state index in [2.05, 4.69) is 5.32 Å². The summed E-state index contributed by atoms with van der Waals surface area (Å²) in [5, 5.41) is 3.00. The number of amides is 3. The number of thioether (sulfide) groups is 1. The smallest absolute Gasteiger partial charge is 0.293 e. The van der Waals surface area contributed by atoms with Crippen LogP contribution in [0.4, 0.5) is 4.79 Å². The second-order valence-electron chi connectivity index (χ2n) is 6.31. The number of hydrogen-bond acceptors (Lipinski definition) is 5. The summed E-state index contributed by atoms with van der Waals surface area (Å²) in [7, 11) is 1.54. The average molecular weight is 465 g/mol. The Morgan fingerprint density at radius 1 is 1.17 bits per heavy atom. The number of carbonyl (C=O) groups excluding carboxylic acids is 3. The van der Waals surface area contributed by atoms with E-state index >= 15 is 0 Å². The number of carbonyl (C=O) groups is 3. The van der Waals surface area contributed by atoms with Crippen molar-refractivity contribution in [3.63, 3.8) is 0 Å². The van der Waals surface area contributed by atoms with E-state index in [1.807, 2.05) is 12.1 Å². The molecule has 1 saturated heterocycles. The maximum absolute atomic E-state index is 12.6. The summed E-state index contributed by atoms with van der Waals surface area (Å²) in [6.45, 7) is 0.222. The van der Waals surface area contributed by atoms with Crippen LogP contribution in [0.25, 0.3) is 6.08 Å². The lowest BCUT2D eigenvalue weighted by atomic mass is 10.1. The third-order valence-corrected chi connectivity index (χ3v) is 6.08. The molecule has 1 aliphatic heterocycles. The van der Waals surface area contributed by atoms with Crippen LogP contribution in [-0.4, -0.2) is 42.2 Å². The molecule has 9 heteroatoms. The molecule has 1 heterocycles. The molecule has 0 atom stereocenters. The molecule has 0 spiro atoms. The van der Waals surface area contributed by atoms with E-state index in [0.29, 0.717) is 21.4 Å². The molecule has 0 bridgehead atoms. The van der Waals surface area contributed by atoms with E-state index in [4.69, 9.17) is 27.9 Å². The van der Waals surface area contributed by atoms with Crippen molar-refractivity contribution < 1.29 is 19.1 Å². The van der Waals surface area contributed by atoms with Crippen molar-refractivity contribution >= 4 is 58.1 Å². The standard InChI is InChI=1S/C21H18Cl2N2O4S/c1-29-16-8-3-2-5-13(16)12-18(26)24-9-10-25-20(27)17(30-21(25)28)11-14-6-4-7-15(22)19(14)23/h2-8,11H,9-10,12H2,1H3,(H,24,26)/b17-11-. The van der Waals surface area contributed by atoms with Crippen molar-refractivity contribution in [2.75, 3.05) is 20.2 Å². The van der Waals surface area contributed by atoms with Crippen LogP contribution in [0.3, 0.4) is 0 Å². The first kappa shape index (κ1) is 22.2. The van der Waals surface area contributed by atoms with Crippen LogP contribution in [0.5, 0.6) is 5.75 Å². The van der Waals surface area contributed by atoms with Gasteiger partial charge in [-0.3, -0.25) is 19.3 Å². The predicted octanol–water partition coefficient (Wildman–Crippen LogP) is 4.40. The molecule has 0 aromatic heterocycles. The molecule has 0 radical (unpaired) electrons. The number of imide groups is 1. The van der Waals surface area contributed by atoms with Gasteiger partial charge >= 0.3 is 0 Å². The fraction of sp³-hybridized carbons (Fsp3) is 0.190. The number of rotatable bonds is 7. The molecule has 2 aromatic rings. The number of methoxy groups -OCH3 is 1. The molecule has 156 valence electrons. The summed E-state index contributed by atoms with van der Waals surface area (Å²) in [5.41, 5.74) is 1.31. The Bertz CT molecular complexity index is 1030. The van der Waals surface area contributed by atoms with Gasteiger partial charge in [0.15, 0.2) is 0 Å². The maximum atomic E-state index is 12.6. The van der Waals surface area contributed by atoms with Gasteiger partial charge in [-0.1, -0.05) is 53.5 Å². The molecule has 0 unspecified atom stereocenters. The first-order valence-corrected chi connectivity index (χ1v) is 10.6. The van der Waals surface area contributed by atoms with Gasteiger partial charge in [-0.15, -0.1) is 0 Å². The molecule has 0 aliphatic carbocycles. The lowest BCUT2D eigenvalue weighted by Gasteiger charge is -2.13. The third kappa shape index (κ3) is 5.16. The fourth-order valence-electron chi connectivity index (χ4n) is 2.86. The van der Waals surface area contributed by atoms with Gasteiger partial charge in [0, 0.05) is 18.7 Å². The number of nitrogens with zero attached hydrogens (tertiary/aromatic N) is 1. The molecule has 2 aromatic carbocycles. The summed E-state index contributed by atoms with van der Waals surface area (Å²) >= 11 is 13.0. The number of ether oxygens (including phenoxy) is 1. The number of halogens is 2. The van der Waals surface area contributed by atoms with Gasteiger partial charge in [-0.25, -0.2) is 0 Å². The van der Waals surface area contributed by atoms with E-state index in [9.17, 15) is 14.4 Å². The zero-order valence-corrected chi connectivity index (χ0v) is 18.3. The molecule has 1 fully saturated rings. The van der Waals surface area contributed by atoms with E-state index in [1.54, 1.807) is 43.5 Å². The van der Waals surface area contributed by atoms with Crippen LogP contribution in [0.1, 0.15) is 11.1 Å². The summed E-state index contributed by atoms with van der Waals surface area (Å²) in [6.07, 6.45) is 1.68. The van der Waals surface area contributed by atoms with Gasteiger partial charge in [0.05, 0.1) is 28.5 Å². The van der Waals surface area contributed by atoms with Crippen molar-refractivity contribution in [1.29, 1.82) is 0 Å². The number of para-hydroxylation sites is 1. The van der Waals surface area contributed by atoms with Crippen LogP contribution >= 0.6 is 35.0 Å². The molecule has 1 N–H and O–H groups in total. The van der Waals surface area contributed by atoms with Gasteiger partial charge in [0.25, 0.3) is 11.1 Å². The van der Waals surface area contributed by atoms with E-state index in [1.165, 1.54) is 0 Å². The zero-order chi connectivity index (χ0) is 21.7. The fourth-order valence-corrected chi connectivity index (χ4v) is 4.08. The second-order valence-corrected chi connectivity index (χ2v) is 8.09. The normalized spacial score (nSPS) is 15.0. The Labute approximate surface area is 188 Å². The molecule has 3 amide bonds. The van der Waals surface area contributed by atoms with Gasteiger partial charge in [0.1, 0.15) is 5.75 Å². The van der Waals surface area contributed by atoms with Gasteiger partial charge in [0.2, 0.25) is 5.91 Å². The minimum atomic E-state index is -0.431. The van der Waals surface area contributed by atoms with Crippen LogP contribution in [0.2, 0.25) is 10.0 Å². The lowest BCUT2D eigenvalue weighted by Crippen LogP contribution is -2.37. The van der Waals surface area contributed by atoms with Gasteiger partial charge in [-0.05, 0) is 35.5 Å². The molecular weight excluding hydrogens is 447 g/mol. The highest BCUT2D eigenvalue weighted by Crippen LogP contribution is 2.34. The summed E-state index contributed by atoms with van der Waals surface area (Å²) in [6, 6.07) is 12.3. The van der Waals surface area contributed by atoms with E-state index < -0.39 is 11.1 Å². The average Bonchev–Trinajstić information content (AvgIpc) is 2.99. The van der Waals surface area contributed by atoms with Crippen LogP contribution in [-0.2, 0) is 16.0 Å². The van der Waals surface area contributed by atoms with Gasteiger partial charge in [-0.2, -0.15) is 0 Å². The molecular formula is C21H18Cl2N2O4S. The highest BCUT2D eigenvalue weighted by atomic mass is 35.5. The Kier molecular flexibility index (Phi) is 7.42. The zero-order valence-electron chi connectivity index (χ0n) is 16.0. The highest BCUT2D eigenvalue weighted by Gasteiger charge is 2.34. The predicted molar refractivity (Wildman–Crippen MR) is 119 cm³/mol. The summed E-state index contributed by atoms with van der Waals surface area (Å²) in [4.78, 5) is 38.3. The van der Waals surface area contributed by atoms with E-state index in [0.717, 1.165) is 22.2 Å². The summed E-state index contributed by atoms with van der Waals surface area (Å²) < 4.78 is 5.23. The molecule has 3 rings (SSSR count). The molecule has 30 heavy (non-hydrogen) atoms. The number of benzene rings is 2. The van der Waals surface area contributed by atoms with Crippen molar-refractivity contribution in [2.24, 2.45) is 0 Å². The number of hydrogen-bond donors (Lipinski definition) is 1. The monoisotopic (exact) mass is 464 g/mol. The van der Waals surface area contributed by atoms with Gasteiger partial charge < -0.3 is 10.1 Å². The first-order chi connectivity index (χ1) is 14.4. The van der Waals surface area contributed by atoms with Crippen molar-refractivity contribution in [1.82, 2.24) is 10.2 Å². The summed E-state index contributed by atoms with van der Waals surface area (Å²) in [5.74, 6) is -0.0313. The van der Waals surface area contributed by atoms with E-state index in [-0.39, 0.29) is 30.3 Å². The lowest BCUT2D eigenvalue weighted by molar-refractivity contribution is -0.124. The van der Waals surface area contributed by atoms with Crippen LogP contribution < -0.4 is 10.1 Å². The highest BCUT2D eigenvalue weighted by molar-refractivity contribution is 8.18. The molecule has 1 aliphatic rings. The minimum absolute atomic E-state index is 0.0724. The maximum Gasteiger partial charge on any atom is 0.293 e. The Morgan fingerprint density at radius 2 is 1.93 bits per heavy atom. The molecule has 0 saturated carbocycles. The van der Waals surface area contributed by atoms with Crippen molar-refractivity contribution in [3.8, 4) is 5.75 Å². The van der Waals surface area contributed by atoms with Crippen LogP contribution in [0.15, 0.2) is 47.4 Å². The van der Waals surface area contributed by atoms with Crippen molar-refractivity contribution in [3.05, 3.63) is 68.5 Å². The first-order valence-electron chi connectivity index (χ1n) is 8.98. The Morgan fingerprint density at radius 3 is 2.70 bits per heavy atom. The number of nitrogens with one attached hydrogen (secondary N) is 1. The van der Waals surface area contributed by atoms with Crippen LogP contribution in [0, 0.1) is 0 Å². The second kappa shape index (κ2) is 10.0. The third-order valence-electron chi connectivity index (χ3n) is 4.34. The Hall–Kier alpha value is -2.48.